The molecule has 0 aliphatic carbocycles. The number of fused-ring (bicyclic) bond motifs is 4. The monoisotopic (exact) mass is 347 g/mol. The Bertz CT molecular complexity index is 688. The van der Waals surface area contributed by atoms with Gasteiger partial charge in [-0.15, -0.1) is 0 Å². The van der Waals surface area contributed by atoms with Crippen LogP contribution in [0.15, 0.2) is 22.7 Å². The van der Waals surface area contributed by atoms with Crippen molar-refractivity contribution >= 4 is 32.6 Å². The fourth-order valence-electron chi connectivity index (χ4n) is 3.85. The van der Waals surface area contributed by atoms with Crippen molar-refractivity contribution in [3.63, 3.8) is 0 Å². The van der Waals surface area contributed by atoms with Crippen LogP contribution in [0, 0.1) is 11.8 Å². The predicted molar refractivity (Wildman–Crippen MR) is 85.4 cm³/mol. The first-order valence-electron chi connectivity index (χ1n) is 7.60. The smallest absolute Gasteiger partial charge is 0.184 e. The zero-order chi connectivity index (χ0) is 14.4. The average Bonchev–Trinajstić information content (AvgIpc) is 2.91. The van der Waals surface area contributed by atoms with Crippen molar-refractivity contribution in [3.05, 3.63) is 28.4 Å². The number of halogens is 1. The predicted octanol–water partition coefficient (Wildman–Crippen LogP) is 3.24. The van der Waals surface area contributed by atoms with Crippen LogP contribution < -0.4 is 0 Å². The van der Waals surface area contributed by atoms with E-state index in [1.807, 2.05) is 18.2 Å². The highest BCUT2D eigenvalue weighted by Crippen LogP contribution is 2.35. The van der Waals surface area contributed by atoms with E-state index in [-0.39, 0.29) is 5.78 Å². The summed E-state index contributed by atoms with van der Waals surface area (Å²) in [5.41, 5.74) is 1.53. The second kappa shape index (κ2) is 5.21. The standard InChI is InChI=1S/C16H18BrN3O/c17-12-1-2-14-13(8-12)16(19-18-14)15(21)7-11-9-20-5-3-10(11)4-6-20/h1-2,8,10-11H,3-7,9H2,(H,18,19)/t11-/m0/s1. The minimum Gasteiger partial charge on any atom is -0.303 e. The Morgan fingerprint density at radius 1 is 1.38 bits per heavy atom. The summed E-state index contributed by atoms with van der Waals surface area (Å²) in [7, 11) is 0. The Morgan fingerprint density at radius 2 is 2.19 bits per heavy atom. The lowest BCUT2D eigenvalue weighted by atomic mass is 9.76. The molecule has 1 atom stereocenters. The molecule has 0 saturated carbocycles. The summed E-state index contributed by atoms with van der Waals surface area (Å²) >= 11 is 3.47. The molecule has 5 heteroatoms. The van der Waals surface area contributed by atoms with E-state index in [2.05, 4.69) is 31.0 Å². The number of nitrogens with zero attached hydrogens (tertiary/aromatic N) is 2. The van der Waals surface area contributed by atoms with Gasteiger partial charge in [0.25, 0.3) is 0 Å². The molecular weight excluding hydrogens is 330 g/mol. The summed E-state index contributed by atoms with van der Waals surface area (Å²) in [5.74, 6) is 1.42. The van der Waals surface area contributed by atoms with Gasteiger partial charge in [0.15, 0.2) is 5.78 Å². The highest BCUT2D eigenvalue weighted by atomic mass is 79.9. The molecule has 4 nitrogen and oxygen atoms in total. The number of piperidine rings is 3. The van der Waals surface area contributed by atoms with Gasteiger partial charge >= 0.3 is 0 Å². The Labute approximate surface area is 132 Å². The maximum atomic E-state index is 12.7. The van der Waals surface area contributed by atoms with Crippen molar-refractivity contribution in [2.45, 2.75) is 19.3 Å². The largest absolute Gasteiger partial charge is 0.303 e. The van der Waals surface area contributed by atoms with E-state index in [9.17, 15) is 4.79 Å². The van der Waals surface area contributed by atoms with E-state index in [1.165, 1.54) is 25.9 Å². The number of aromatic nitrogens is 2. The first-order valence-corrected chi connectivity index (χ1v) is 8.39. The van der Waals surface area contributed by atoms with Crippen LogP contribution in [0.1, 0.15) is 29.8 Å². The van der Waals surface area contributed by atoms with E-state index >= 15 is 0 Å². The molecule has 3 aliphatic rings. The zero-order valence-corrected chi connectivity index (χ0v) is 13.4. The molecule has 1 aromatic heterocycles. The topological polar surface area (TPSA) is 49.0 Å². The number of H-pyrrole nitrogens is 1. The molecule has 110 valence electrons. The summed E-state index contributed by atoms with van der Waals surface area (Å²) in [6.07, 6.45) is 3.14. The average molecular weight is 348 g/mol. The van der Waals surface area contributed by atoms with Crippen LogP contribution in [-0.2, 0) is 0 Å². The number of hydrogen-bond donors (Lipinski definition) is 1. The number of benzene rings is 1. The van der Waals surface area contributed by atoms with Crippen LogP contribution >= 0.6 is 15.9 Å². The second-order valence-corrected chi connectivity index (χ2v) is 7.20. The van der Waals surface area contributed by atoms with E-state index in [0.717, 1.165) is 27.8 Å². The summed E-state index contributed by atoms with van der Waals surface area (Å²) in [5, 5.41) is 8.15. The summed E-state index contributed by atoms with van der Waals surface area (Å²) in [6.45, 7) is 3.52. The third kappa shape index (κ3) is 2.42. The molecule has 1 N–H and O–H groups in total. The molecule has 0 radical (unpaired) electrons. The van der Waals surface area contributed by atoms with Gasteiger partial charge in [-0.3, -0.25) is 9.89 Å². The SMILES string of the molecule is O=C(C[C@H]1CN2CCC1CC2)c1n[nH]c2ccc(Br)cc12. The number of carbonyl (C=O) groups is 1. The number of Topliss-reactive ketones (excluding diaryl/α,β-unsaturated/α-hetero) is 1. The third-order valence-electron chi connectivity index (χ3n) is 5.03. The van der Waals surface area contributed by atoms with Gasteiger partial charge in [-0.05, 0) is 56.0 Å². The Hall–Kier alpha value is -1.20. The summed E-state index contributed by atoms with van der Waals surface area (Å²) < 4.78 is 0.980. The van der Waals surface area contributed by atoms with E-state index in [4.69, 9.17) is 0 Å². The number of hydrogen-bond acceptors (Lipinski definition) is 3. The van der Waals surface area contributed by atoms with Gasteiger partial charge in [-0.1, -0.05) is 15.9 Å². The number of aromatic amines is 1. The molecule has 4 heterocycles. The lowest BCUT2D eigenvalue weighted by Gasteiger charge is -2.44. The minimum absolute atomic E-state index is 0.179. The lowest BCUT2D eigenvalue weighted by Crippen LogP contribution is -2.47. The normalized spacial score (nSPS) is 28.1. The Kier molecular flexibility index (Phi) is 3.34. The fraction of sp³-hybridized carbons (Fsp3) is 0.500. The van der Waals surface area contributed by atoms with Crippen molar-refractivity contribution in [2.24, 2.45) is 11.8 Å². The number of rotatable bonds is 3. The lowest BCUT2D eigenvalue weighted by molar-refractivity contribution is 0.0440. The van der Waals surface area contributed by atoms with Gasteiger partial charge in [-0.25, -0.2) is 0 Å². The molecule has 3 aliphatic heterocycles. The van der Waals surface area contributed by atoms with Gasteiger partial charge in [0.1, 0.15) is 5.69 Å². The minimum atomic E-state index is 0.179. The fourth-order valence-corrected chi connectivity index (χ4v) is 4.21. The highest BCUT2D eigenvalue weighted by Gasteiger charge is 2.35. The third-order valence-corrected chi connectivity index (χ3v) is 5.52. The van der Waals surface area contributed by atoms with Crippen molar-refractivity contribution in [3.8, 4) is 0 Å². The molecule has 3 saturated heterocycles. The number of carbonyl (C=O) groups excluding carboxylic acids is 1. The maximum Gasteiger partial charge on any atom is 0.184 e. The van der Waals surface area contributed by atoms with Crippen LogP contribution in [0.5, 0.6) is 0 Å². The highest BCUT2D eigenvalue weighted by molar-refractivity contribution is 9.10. The van der Waals surface area contributed by atoms with Crippen molar-refractivity contribution in [1.29, 1.82) is 0 Å². The number of ketones is 1. The molecule has 0 amide bonds. The Morgan fingerprint density at radius 3 is 2.90 bits per heavy atom. The molecule has 21 heavy (non-hydrogen) atoms. The van der Waals surface area contributed by atoms with Crippen molar-refractivity contribution < 1.29 is 4.79 Å². The van der Waals surface area contributed by atoms with E-state index < -0.39 is 0 Å². The van der Waals surface area contributed by atoms with E-state index in [1.54, 1.807) is 0 Å². The molecule has 5 rings (SSSR count). The number of nitrogens with one attached hydrogen (secondary N) is 1. The molecule has 0 unspecified atom stereocenters. The quantitative estimate of drug-likeness (QED) is 0.867. The van der Waals surface area contributed by atoms with Gasteiger partial charge in [-0.2, -0.15) is 5.10 Å². The molecular formula is C16H18BrN3O. The van der Waals surface area contributed by atoms with Crippen LogP contribution in [-0.4, -0.2) is 40.5 Å². The first kappa shape index (κ1) is 13.5. The second-order valence-electron chi connectivity index (χ2n) is 6.29. The van der Waals surface area contributed by atoms with Crippen molar-refractivity contribution in [1.82, 2.24) is 15.1 Å². The zero-order valence-electron chi connectivity index (χ0n) is 11.8. The molecule has 3 fully saturated rings. The van der Waals surface area contributed by atoms with Crippen LogP contribution in [0.4, 0.5) is 0 Å². The van der Waals surface area contributed by atoms with Gasteiger partial charge in [0.2, 0.25) is 0 Å². The van der Waals surface area contributed by atoms with Gasteiger partial charge in [0.05, 0.1) is 5.52 Å². The first-order chi connectivity index (χ1) is 10.2. The molecule has 2 aromatic rings. The maximum absolute atomic E-state index is 12.7. The molecule has 1 aromatic carbocycles. The van der Waals surface area contributed by atoms with Crippen LogP contribution in [0.25, 0.3) is 10.9 Å². The molecule has 2 bridgehead atoms. The van der Waals surface area contributed by atoms with Crippen molar-refractivity contribution in [2.75, 3.05) is 19.6 Å². The van der Waals surface area contributed by atoms with Gasteiger partial charge < -0.3 is 4.90 Å². The summed E-state index contributed by atoms with van der Waals surface area (Å²) in [4.78, 5) is 15.2. The molecule has 0 spiro atoms. The summed E-state index contributed by atoms with van der Waals surface area (Å²) in [6, 6.07) is 5.89. The van der Waals surface area contributed by atoms with Crippen LogP contribution in [0.3, 0.4) is 0 Å². The van der Waals surface area contributed by atoms with Gasteiger partial charge in [0, 0.05) is 22.8 Å². The van der Waals surface area contributed by atoms with E-state index in [0.29, 0.717) is 18.0 Å². The van der Waals surface area contributed by atoms with Crippen LogP contribution in [0.2, 0.25) is 0 Å². The Balaban J connectivity index is 1.57.